The van der Waals surface area contributed by atoms with Gasteiger partial charge in [-0.15, -0.1) is 0 Å². The number of esters is 2. The fraction of sp³-hybridized carbons (Fsp3) is 0.318. The van der Waals surface area contributed by atoms with Crippen LogP contribution in [-0.4, -0.2) is 57.4 Å². The number of hydrogen-bond acceptors (Lipinski definition) is 7. The molecule has 0 unspecified atom stereocenters. The third kappa shape index (κ3) is 5.93. The van der Waals surface area contributed by atoms with E-state index in [4.69, 9.17) is 4.74 Å². The van der Waals surface area contributed by atoms with Crippen LogP contribution in [-0.2, 0) is 29.1 Å². The zero-order chi connectivity index (χ0) is 24.0. The monoisotopic (exact) mass is 478 g/mol. The van der Waals surface area contributed by atoms with Crippen LogP contribution in [0.5, 0.6) is 0 Å². The molecule has 1 aliphatic heterocycles. The van der Waals surface area contributed by atoms with Gasteiger partial charge in [-0.05, 0) is 43.2 Å². The fourth-order valence-corrected chi connectivity index (χ4v) is 5.11. The van der Waals surface area contributed by atoms with Gasteiger partial charge in [0.1, 0.15) is 5.82 Å². The van der Waals surface area contributed by atoms with Crippen molar-refractivity contribution in [2.24, 2.45) is 5.92 Å². The summed E-state index contributed by atoms with van der Waals surface area (Å²) in [5.74, 6) is -3.08. The summed E-state index contributed by atoms with van der Waals surface area (Å²) in [6.07, 6.45) is 0.397. The van der Waals surface area contributed by atoms with E-state index in [1.807, 2.05) is 0 Å². The molecule has 33 heavy (non-hydrogen) atoms. The lowest BCUT2D eigenvalue weighted by molar-refractivity contribution is -0.152. The molecule has 2 aromatic rings. The van der Waals surface area contributed by atoms with Gasteiger partial charge >= 0.3 is 11.9 Å². The van der Waals surface area contributed by atoms with Crippen LogP contribution in [0.2, 0.25) is 0 Å². The van der Waals surface area contributed by atoms with E-state index in [1.54, 1.807) is 0 Å². The van der Waals surface area contributed by atoms with Gasteiger partial charge in [-0.3, -0.25) is 9.59 Å². The molecule has 176 valence electrons. The van der Waals surface area contributed by atoms with Crippen molar-refractivity contribution in [2.75, 3.05) is 32.1 Å². The van der Waals surface area contributed by atoms with Crippen LogP contribution in [0, 0.1) is 11.7 Å². The second kappa shape index (κ2) is 10.5. The third-order valence-corrected chi connectivity index (χ3v) is 7.11. The minimum atomic E-state index is -3.98. The summed E-state index contributed by atoms with van der Waals surface area (Å²) in [6, 6.07) is 11.1. The summed E-state index contributed by atoms with van der Waals surface area (Å²) in [5.41, 5.74) is 0.174. The summed E-state index contributed by atoms with van der Waals surface area (Å²) in [4.78, 5) is 36.0. The van der Waals surface area contributed by atoms with Crippen LogP contribution in [0.25, 0.3) is 0 Å². The molecule has 11 heteroatoms. The van der Waals surface area contributed by atoms with Crippen molar-refractivity contribution in [3.8, 4) is 0 Å². The van der Waals surface area contributed by atoms with Gasteiger partial charge in [-0.1, -0.05) is 18.2 Å². The second-order valence-electron chi connectivity index (χ2n) is 7.33. The maximum absolute atomic E-state index is 13.2. The summed E-state index contributed by atoms with van der Waals surface area (Å²) >= 11 is 0. The smallest absolute Gasteiger partial charge is 0.339 e. The Hall–Kier alpha value is -3.31. The predicted molar refractivity (Wildman–Crippen MR) is 115 cm³/mol. The number of rotatable bonds is 7. The van der Waals surface area contributed by atoms with Gasteiger partial charge in [0, 0.05) is 18.8 Å². The first kappa shape index (κ1) is 24.3. The lowest BCUT2D eigenvalue weighted by Gasteiger charge is -2.30. The van der Waals surface area contributed by atoms with Crippen LogP contribution in [0.15, 0.2) is 53.4 Å². The average molecular weight is 478 g/mol. The number of benzene rings is 2. The molecule has 0 aromatic heterocycles. The molecule has 2 aromatic carbocycles. The molecular weight excluding hydrogens is 455 g/mol. The highest BCUT2D eigenvalue weighted by atomic mass is 32.2. The zero-order valence-electron chi connectivity index (χ0n) is 17.8. The number of methoxy groups -OCH3 is 1. The van der Waals surface area contributed by atoms with Gasteiger partial charge in [0.05, 0.1) is 23.5 Å². The molecule has 0 atom stereocenters. The molecule has 0 saturated carbocycles. The number of nitrogens with zero attached hydrogens (tertiary/aromatic N) is 1. The van der Waals surface area contributed by atoms with Crippen molar-refractivity contribution in [3.63, 3.8) is 0 Å². The number of carbonyl (C=O) groups excluding carboxylic acids is 3. The van der Waals surface area contributed by atoms with Gasteiger partial charge in [0.25, 0.3) is 5.91 Å². The van der Waals surface area contributed by atoms with Gasteiger partial charge in [-0.2, -0.15) is 4.31 Å². The fourth-order valence-electron chi connectivity index (χ4n) is 3.46. The number of nitrogens with one attached hydrogen (secondary N) is 1. The summed E-state index contributed by atoms with van der Waals surface area (Å²) in [6.45, 7) is -0.444. The number of sulfonamides is 1. The molecule has 1 heterocycles. The quantitative estimate of drug-likeness (QED) is 0.606. The molecule has 1 N–H and O–H groups in total. The van der Waals surface area contributed by atoms with E-state index in [2.05, 4.69) is 10.1 Å². The van der Waals surface area contributed by atoms with Crippen molar-refractivity contribution < 1.29 is 36.7 Å². The normalized spacial score (nSPS) is 15.0. The van der Waals surface area contributed by atoms with Gasteiger partial charge in [0.2, 0.25) is 10.0 Å². The Morgan fingerprint density at radius 2 is 1.79 bits per heavy atom. The molecular formula is C22H23FN2O7S. The second-order valence-corrected chi connectivity index (χ2v) is 9.24. The van der Waals surface area contributed by atoms with E-state index in [0.29, 0.717) is 0 Å². The summed E-state index contributed by atoms with van der Waals surface area (Å²) < 4.78 is 50.2. The highest BCUT2D eigenvalue weighted by Crippen LogP contribution is 2.27. The minimum Gasteiger partial charge on any atom is -0.465 e. The van der Waals surface area contributed by atoms with Gasteiger partial charge < -0.3 is 14.8 Å². The topological polar surface area (TPSA) is 119 Å². The molecule has 0 radical (unpaired) electrons. The highest BCUT2D eigenvalue weighted by Gasteiger charge is 2.35. The molecule has 1 fully saturated rings. The Labute approximate surface area is 190 Å². The van der Waals surface area contributed by atoms with Crippen molar-refractivity contribution in [1.29, 1.82) is 0 Å². The van der Waals surface area contributed by atoms with E-state index in [0.717, 1.165) is 6.07 Å². The van der Waals surface area contributed by atoms with Crippen molar-refractivity contribution in [1.82, 2.24) is 4.31 Å². The van der Waals surface area contributed by atoms with Crippen molar-refractivity contribution >= 4 is 33.6 Å². The van der Waals surface area contributed by atoms with Crippen LogP contribution in [0.3, 0.4) is 0 Å². The number of halogens is 1. The van der Waals surface area contributed by atoms with Crippen molar-refractivity contribution in [3.05, 3.63) is 59.9 Å². The molecule has 0 spiro atoms. The van der Waals surface area contributed by atoms with E-state index < -0.39 is 46.2 Å². The molecule has 3 rings (SSSR count). The number of ether oxygens (including phenoxy) is 2. The van der Waals surface area contributed by atoms with Crippen molar-refractivity contribution in [2.45, 2.75) is 17.7 Å². The Bertz CT molecular complexity index is 1140. The van der Waals surface area contributed by atoms with E-state index in [9.17, 15) is 27.2 Å². The van der Waals surface area contributed by atoms with E-state index >= 15 is 0 Å². The minimum absolute atomic E-state index is 0.0487. The standard InChI is InChI=1S/C22H23FN2O7S/c1-31-22(28)18-7-2-3-8-19(18)33(29,30)25-11-9-15(10-12-25)21(27)32-14-20(26)24-17-6-4-5-16(23)13-17/h2-8,13,15H,9-12,14H2,1H3,(H,24,26). The third-order valence-electron chi connectivity index (χ3n) is 5.15. The molecule has 1 amide bonds. The average Bonchev–Trinajstić information content (AvgIpc) is 2.82. The van der Waals surface area contributed by atoms with Crippen LogP contribution in [0.1, 0.15) is 23.2 Å². The lowest BCUT2D eigenvalue weighted by Crippen LogP contribution is -2.41. The molecule has 1 saturated heterocycles. The first-order valence-electron chi connectivity index (χ1n) is 10.1. The Morgan fingerprint density at radius 1 is 1.09 bits per heavy atom. The van der Waals surface area contributed by atoms with E-state index in [-0.39, 0.29) is 42.1 Å². The highest BCUT2D eigenvalue weighted by molar-refractivity contribution is 7.89. The van der Waals surface area contributed by atoms with E-state index in [1.165, 1.54) is 53.9 Å². The number of amides is 1. The summed E-state index contributed by atoms with van der Waals surface area (Å²) in [7, 11) is -2.81. The number of carbonyl (C=O) groups is 3. The Balaban J connectivity index is 1.54. The SMILES string of the molecule is COC(=O)c1ccccc1S(=O)(=O)N1CCC(C(=O)OCC(=O)Nc2cccc(F)c2)CC1. The first-order valence-corrected chi connectivity index (χ1v) is 11.6. The zero-order valence-corrected chi connectivity index (χ0v) is 18.6. The molecule has 0 bridgehead atoms. The largest absolute Gasteiger partial charge is 0.465 e. The molecule has 9 nitrogen and oxygen atoms in total. The Kier molecular flexibility index (Phi) is 7.77. The van der Waals surface area contributed by atoms with Crippen LogP contribution < -0.4 is 5.32 Å². The predicted octanol–water partition coefficient (Wildman–Crippen LogP) is 2.19. The molecule has 0 aliphatic carbocycles. The number of anilines is 1. The first-order chi connectivity index (χ1) is 15.7. The van der Waals surface area contributed by atoms with Crippen LogP contribution >= 0.6 is 0 Å². The molecule has 1 aliphatic rings. The van der Waals surface area contributed by atoms with Crippen LogP contribution in [0.4, 0.5) is 10.1 Å². The summed E-state index contributed by atoms with van der Waals surface area (Å²) in [5, 5.41) is 2.42. The number of hydrogen-bond donors (Lipinski definition) is 1. The number of piperidine rings is 1. The maximum Gasteiger partial charge on any atom is 0.339 e. The lowest BCUT2D eigenvalue weighted by atomic mass is 9.98. The Morgan fingerprint density at radius 3 is 2.45 bits per heavy atom. The maximum atomic E-state index is 13.2. The van der Waals surface area contributed by atoms with Gasteiger partial charge in [0.15, 0.2) is 6.61 Å². The van der Waals surface area contributed by atoms with Gasteiger partial charge in [-0.25, -0.2) is 17.6 Å².